The van der Waals surface area contributed by atoms with Crippen molar-refractivity contribution in [2.24, 2.45) is 0 Å². The monoisotopic (exact) mass is 369 g/mol. The van der Waals surface area contributed by atoms with Crippen LogP contribution in [0.1, 0.15) is 12.8 Å². The van der Waals surface area contributed by atoms with E-state index in [1.807, 2.05) is 6.07 Å². The van der Waals surface area contributed by atoms with Crippen LogP contribution >= 0.6 is 11.3 Å². The standard InChI is InChI=1S/C14H15N3O5S2/c1-24(19,20)17-4-2-3-9(17)13(18)16-14-15-8-5-10-11(22-7-21-10)6-12(8)23-14/h5-6,9H,2-4,7H2,1H3,(H,15,16,18). The molecule has 0 spiro atoms. The van der Waals surface area contributed by atoms with Crippen LogP contribution in [-0.4, -0.2) is 49.2 Å². The van der Waals surface area contributed by atoms with E-state index in [9.17, 15) is 13.2 Å². The van der Waals surface area contributed by atoms with Crippen LogP contribution in [0.5, 0.6) is 11.5 Å². The summed E-state index contributed by atoms with van der Waals surface area (Å²) in [6.45, 7) is 0.567. The van der Waals surface area contributed by atoms with E-state index in [1.54, 1.807) is 6.07 Å². The lowest BCUT2D eigenvalue weighted by molar-refractivity contribution is -0.119. The second kappa shape index (κ2) is 5.57. The summed E-state index contributed by atoms with van der Waals surface area (Å²) in [5.74, 6) is 0.935. The van der Waals surface area contributed by atoms with Crippen LogP contribution in [-0.2, 0) is 14.8 Å². The van der Waals surface area contributed by atoms with E-state index in [0.29, 0.717) is 41.5 Å². The molecule has 2 aromatic rings. The van der Waals surface area contributed by atoms with Crippen molar-refractivity contribution in [1.82, 2.24) is 9.29 Å². The van der Waals surface area contributed by atoms with Gasteiger partial charge in [-0.05, 0) is 12.8 Å². The molecule has 0 bridgehead atoms. The third-order valence-electron chi connectivity index (χ3n) is 4.05. The van der Waals surface area contributed by atoms with Crippen LogP contribution in [0.4, 0.5) is 5.13 Å². The van der Waals surface area contributed by atoms with Crippen molar-refractivity contribution in [3.63, 3.8) is 0 Å². The zero-order chi connectivity index (χ0) is 16.9. The molecule has 1 aromatic carbocycles. The van der Waals surface area contributed by atoms with Gasteiger partial charge in [0.1, 0.15) is 6.04 Å². The Bertz CT molecular complexity index is 883. The maximum absolute atomic E-state index is 12.4. The van der Waals surface area contributed by atoms with E-state index in [-0.39, 0.29) is 12.7 Å². The Kier molecular flexibility index (Phi) is 3.62. The number of ether oxygens (including phenoxy) is 2. The maximum Gasteiger partial charge on any atom is 0.244 e. The minimum atomic E-state index is -3.40. The lowest BCUT2D eigenvalue weighted by atomic mass is 10.2. The Morgan fingerprint density at radius 2 is 2.12 bits per heavy atom. The quantitative estimate of drug-likeness (QED) is 0.878. The predicted molar refractivity (Wildman–Crippen MR) is 88.9 cm³/mol. The number of amides is 1. The molecule has 4 rings (SSSR count). The van der Waals surface area contributed by atoms with Crippen molar-refractivity contribution in [3.8, 4) is 11.5 Å². The summed E-state index contributed by atoms with van der Waals surface area (Å²) >= 11 is 1.31. The van der Waals surface area contributed by atoms with Crippen LogP contribution in [0.3, 0.4) is 0 Å². The van der Waals surface area contributed by atoms with Gasteiger partial charge in [0, 0.05) is 18.7 Å². The molecule has 1 amide bonds. The maximum atomic E-state index is 12.4. The van der Waals surface area contributed by atoms with Crippen molar-refractivity contribution in [2.45, 2.75) is 18.9 Å². The third-order valence-corrected chi connectivity index (χ3v) is 6.27. The highest BCUT2D eigenvalue weighted by molar-refractivity contribution is 7.88. The first-order valence-electron chi connectivity index (χ1n) is 7.40. The van der Waals surface area contributed by atoms with Gasteiger partial charge in [0.05, 0.1) is 16.5 Å². The number of sulfonamides is 1. The van der Waals surface area contributed by atoms with Crippen molar-refractivity contribution >= 4 is 42.6 Å². The van der Waals surface area contributed by atoms with Gasteiger partial charge < -0.3 is 14.8 Å². The Hall–Kier alpha value is -1.91. The molecule has 8 nitrogen and oxygen atoms in total. The van der Waals surface area contributed by atoms with Crippen LogP contribution in [0.15, 0.2) is 12.1 Å². The number of nitrogens with zero attached hydrogens (tertiary/aromatic N) is 2. The van der Waals surface area contributed by atoms with Crippen molar-refractivity contribution in [2.75, 3.05) is 24.9 Å². The van der Waals surface area contributed by atoms with Crippen LogP contribution < -0.4 is 14.8 Å². The van der Waals surface area contributed by atoms with E-state index in [1.165, 1.54) is 15.6 Å². The normalized spacial score (nSPS) is 20.6. The molecule has 2 aliphatic heterocycles. The summed E-state index contributed by atoms with van der Waals surface area (Å²) in [6.07, 6.45) is 2.31. The molecule has 2 aliphatic rings. The highest BCUT2D eigenvalue weighted by atomic mass is 32.2. The number of benzene rings is 1. The van der Waals surface area contributed by atoms with Gasteiger partial charge in [0.2, 0.25) is 22.7 Å². The van der Waals surface area contributed by atoms with Gasteiger partial charge in [0.15, 0.2) is 16.6 Å². The number of carbonyl (C=O) groups excluding carboxylic acids is 1. The van der Waals surface area contributed by atoms with E-state index < -0.39 is 16.1 Å². The predicted octanol–water partition coefficient (Wildman–Crippen LogP) is 1.39. The van der Waals surface area contributed by atoms with E-state index in [2.05, 4.69) is 10.3 Å². The summed E-state index contributed by atoms with van der Waals surface area (Å²) in [4.78, 5) is 16.8. The zero-order valence-electron chi connectivity index (χ0n) is 12.8. The third kappa shape index (κ3) is 2.70. The summed E-state index contributed by atoms with van der Waals surface area (Å²) in [5, 5.41) is 3.16. The van der Waals surface area contributed by atoms with Gasteiger partial charge >= 0.3 is 0 Å². The largest absolute Gasteiger partial charge is 0.454 e. The van der Waals surface area contributed by atoms with Gasteiger partial charge in [-0.3, -0.25) is 4.79 Å². The molecule has 1 fully saturated rings. The summed E-state index contributed by atoms with van der Waals surface area (Å²) in [6, 6.07) is 2.91. The molecule has 1 atom stereocenters. The molecule has 1 saturated heterocycles. The number of anilines is 1. The van der Waals surface area contributed by atoms with Crippen molar-refractivity contribution < 1.29 is 22.7 Å². The van der Waals surface area contributed by atoms with Gasteiger partial charge in [0.25, 0.3) is 0 Å². The number of rotatable bonds is 3. The lowest BCUT2D eigenvalue weighted by Gasteiger charge is -2.20. The Labute approximate surface area is 142 Å². The number of fused-ring (bicyclic) bond motifs is 2. The minimum Gasteiger partial charge on any atom is -0.454 e. The summed E-state index contributed by atoms with van der Waals surface area (Å²) < 4.78 is 36.3. The summed E-state index contributed by atoms with van der Waals surface area (Å²) in [7, 11) is -3.40. The van der Waals surface area contributed by atoms with E-state index in [0.717, 1.165) is 11.0 Å². The number of carbonyl (C=O) groups is 1. The molecule has 1 N–H and O–H groups in total. The molecule has 128 valence electrons. The Balaban J connectivity index is 1.57. The molecular formula is C14H15N3O5S2. The van der Waals surface area contributed by atoms with E-state index >= 15 is 0 Å². The molecule has 1 aromatic heterocycles. The van der Waals surface area contributed by atoms with Crippen molar-refractivity contribution in [3.05, 3.63) is 12.1 Å². The Morgan fingerprint density at radius 1 is 1.38 bits per heavy atom. The average Bonchev–Trinajstić information content (AvgIpc) is 3.21. The van der Waals surface area contributed by atoms with Gasteiger partial charge in [-0.2, -0.15) is 4.31 Å². The highest BCUT2D eigenvalue weighted by Crippen LogP contribution is 2.39. The van der Waals surface area contributed by atoms with Gasteiger partial charge in [-0.25, -0.2) is 13.4 Å². The fourth-order valence-electron chi connectivity index (χ4n) is 2.96. The SMILES string of the molecule is CS(=O)(=O)N1CCCC1C(=O)Nc1nc2cc3c(cc2s1)OCO3. The number of nitrogens with one attached hydrogen (secondary N) is 1. The number of hydrogen-bond donors (Lipinski definition) is 1. The fourth-order valence-corrected chi connectivity index (χ4v) is 4.96. The molecule has 3 heterocycles. The second-order valence-electron chi connectivity index (χ2n) is 5.71. The topological polar surface area (TPSA) is 97.8 Å². The lowest BCUT2D eigenvalue weighted by Crippen LogP contribution is -2.42. The number of aromatic nitrogens is 1. The van der Waals surface area contributed by atoms with Crippen molar-refractivity contribution in [1.29, 1.82) is 0 Å². The second-order valence-corrected chi connectivity index (χ2v) is 8.68. The molecule has 0 aliphatic carbocycles. The molecule has 1 unspecified atom stereocenters. The van der Waals surface area contributed by atoms with Gasteiger partial charge in [-0.1, -0.05) is 11.3 Å². The van der Waals surface area contributed by atoms with Crippen LogP contribution in [0, 0.1) is 0 Å². The fraction of sp³-hybridized carbons (Fsp3) is 0.429. The first-order valence-corrected chi connectivity index (χ1v) is 10.1. The molecular weight excluding hydrogens is 354 g/mol. The number of thiazole rings is 1. The molecule has 24 heavy (non-hydrogen) atoms. The first-order chi connectivity index (χ1) is 11.4. The molecule has 10 heteroatoms. The minimum absolute atomic E-state index is 0.194. The smallest absolute Gasteiger partial charge is 0.244 e. The molecule has 0 saturated carbocycles. The zero-order valence-corrected chi connectivity index (χ0v) is 14.4. The average molecular weight is 369 g/mol. The molecule has 0 radical (unpaired) electrons. The van der Waals surface area contributed by atoms with E-state index in [4.69, 9.17) is 9.47 Å². The van der Waals surface area contributed by atoms with Crippen LogP contribution in [0.25, 0.3) is 10.2 Å². The summed E-state index contributed by atoms with van der Waals surface area (Å²) in [5.41, 5.74) is 0.700. The Morgan fingerprint density at radius 3 is 2.88 bits per heavy atom. The van der Waals surface area contributed by atoms with Gasteiger partial charge in [-0.15, -0.1) is 0 Å². The van der Waals surface area contributed by atoms with Crippen LogP contribution in [0.2, 0.25) is 0 Å². The highest BCUT2D eigenvalue weighted by Gasteiger charge is 2.36. The first kappa shape index (κ1) is 15.6. The number of hydrogen-bond acceptors (Lipinski definition) is 7.